The molecule has 0 aliphatic heterocycles. The van der Waals surface area contributed by atoms with Crippen LogP contribution in [0, 0.1) is 0 Å². The molecular weight excluding hydrogens is 231 g/mol. The molecule has 104 valence electrons. The van der Waals surface area contributed by atoms with Gasteiger partial charge in [0.15, 0.2) is 0 Å². The van der Waals surface area contributed by atoms with Crippen LogP contribution in [-0.2, 0) is 4.43 Å². The molecule has 0 aromatic heterocycles. The number of hydrogen-bond acceptors (Lipinski definition) is 1. The van der Waals surface area contributed by atoms with Crippen LogP contribution in [0.15, 0.2) is 0 Å². The Morgan fingerprint density at radius 1 is 0.944 bits per heavy atom. The first-order valence-corrected chi connectivity index (χ1v) is 10.9. The van der Waals surface area contributed by atoms with Crippen molar-refractivity contribution >= 4 is 26.0 Å². The Morgan fingerprint density at radius 3 is 1.61 bits per heavy atom. The van der Waals surface area contributed by atoms with E-state index in [1.54, 1.807) is 0 Å². The molecule has 1 rings (SSSR count). The first-order valence-electron chi connectivity index (χ1n) is 7.95. The summed E-state index contributed by atoms with van der Waals surface area (Å²) in [7, 11) is -1.44. The zero-order valence-electron chi connectivity index (χ0n) is 13.8. The van der Waals surface area contributed by atoms with E-state index in [1.807, 2.05) is 0 Å². The van der Waals surface area contributed by atoms with E-state index in [1.165, 1.54) is 50.0 Å². The molecule has 0 radical (unpaired) electrons. The Kier molecular flexibility index (Phi) is 10.1. The van der Waals surface area contributed by atoms with Crippen molar-refractivity contribution in [3.8, 4) is 0 Å². The Labute approximate surface area is 126 Å². The van der Waals surface area contributed by atoms with Gasteiger partial charge in [-0.3, -0.25) is 0 Å². The molecule has 0 amide bonds. The minimum absolute atomic E-state index is 0.362. The van der Waals surface area contributed by atoms with E-state index in [2.05, 4.69) is 51.6 Å². The van der Waals surface area contributed by atoms with E-state index in [0.29, 0.717) is 5.04 Å². The molecule has 0 atom stereocenters. The van der Waals surface area contributed by atoms with Gasteiger partial charge in [0.05, 0.1) is 0 Å². The van der Waals surface area contributed by atoms with Gasteiger partial charge in [-0.25, -0.2) is 0 Å². The van der Waals surface area contributed by atoms with Crippen molar-refractivity contribution in [2.24, 2.45) is 0 Å². The van der Waals surface area contributed by atoms with Crippen LogP contribution in [0.4, 0.5) is 0 Å². The van der Waals surface area contributed by atoms with Gasteiger partial charge in [0, 0.05) is 0 Å². The standard InChI is InChI=1S/C9H21OSi.C6H12.Li/c1-7-8-10-11(5,6)9(2,3)4;1-2-4-6-5-3-1;/h1,7-8H2,2-6H3;1-6H2;. The minimum atomic E-state index is -1.44. The monoisotopic (exact) mass is 264 g/mol. The fraction of sp³-hybridized carbons (Fsp3) is 1.00. The van der Waals surface area contributed by atoms with Gasteiger partial charge in [0.25, 0.3) is 0 Å². The summed E-state index contributed by atoms with van der Waals surface area (Å²) in [6, 6.07) is 0. The molecule has 0 aromatic rings. The maximum atomic E-state index is 5.97. The SMILES string of the molecule is C1CCCCC1.[Li][CH2]CCO[Si](C)(C)C(C)(C)C. The quantitative estimate of drug-likeness (QED) is 0.493. The molecule has 1 aliphatic carbocycles. The van der Waals surface area contributed by atoms with Crippen LogP contribution < -0.4 is 0 Å². The van der Waals surface area contributed by atoms with E-state index in [0.717, 1.165) is 6.61 Å². The molecule has 1 saturated carbocycles. The van der Waals surface area contributed by atoms with Gasteiger partial charge in [-0.15, -0.1) is 0 Å². The molecule has 0 saturated heterocycles. The summed E-state index contributed by atoms with van der Waals surface area (Å²) in [6.07, 6.45) is 10.2. The van der Waals surface area contributed by atoms with Crippen molar-refractivity contribution in [3.63, 3.8) is 0 Å². The van der Waals surface area contributed by atoms with Crippen molar-refractivity contribution in [3.05, 3.63) is 0 Å². The summed E-state index contributed by atoms with van der Waals surface area (Å²) >= 11 is 2.20. The summed E-state index contributed by atoms with van der Waals surface area (Å²) in [5.74, 6) is 0. The molecular formula is C15H33LiOSi. The average Bonchev–Trinajstić information content (AvgIpc) is 2.31. The zero-order chi connectivity index (χ0) is 14.1. The third-order valence-corrected chi connectivity index (χ3v) is 8.81. The topological polar surface area (TPSA) is 9.23 Å². The van der Waals surface area contributed by atoms with E-state index < -0.39 is 8.32 Å². The van der Waals surface area contributed by atoms with E-state index in [4.69, 9.17) is 4.43 Å². The molecule has 0 spiro atoms. The van der Waals surface area contributed by atoms with Crippen molar-refractivity contribution < 1.29 is 4.43 Å². The van der Waals surface area contributed by atoms with Gasteiger partial charge >= 0.3 is 87.5 Å². The molecule has 1 nitrogen and oxygen atoms in total. The fourth-order valence-corrected chi connectivity index (χ4v) is 2.84. The molecule has 0 heterocycles. The van der Waals surface area contributed by atoms with E-state index in [9.17, 15) is 0 Å². The normalized spacial score (nSPS) is 17.1. The molecule has 0 N–H and O–H groups in total. The molecule has 0 bridgehead atoms. The zero-order valence-corrected chi connectivity index (χ0v) is 14.8. The fourth-order valence-electron chi connectivity index (χ4n) is 1.75. The van der Waals surface area contributed by atoms with Crippen LogP contribution >= 0.6 is 0 Å². The van der Waals surface area contributed by atoms with Crippen molar-refractivity contribution in [1.82, 2.24) is 0 Å². The Morgan fingerprint density at radius 2 is 1.33 bits per heavy atom. The predicted octanol–water partition coefficient (Wildman–Crippen LogP) is 5.33. The van der Waals surface area contributed by atoms with E-state index in [-0.39, 0.29) is 0 Å². The van der Waals surface area contributed by atoms with E-state index >= 15 is 0 Å². The molecule has 3 heteroatoms. The second-order valence-corrected chi connectivity index (χ2v) is 11.9. The maximum absolute atomic E-state index is 5.97. The van der Waals surface area contributed by atoms with Crippen molar-refractivity contribution in [2.75, 3.05) is 6.61 Å². The van der Waals surface area contributed by atoms with Crippen molar-refractivity contribution in [2.45, 2.75) is 88.9 Å². The summed E-state index contributed by atoms with van der Waals surface area (Å²) in [5, 5.41) is 1.59. The third kappa shape index (κ3) is 8.80. The van der Waals surface area contributed by atoms with Crippen LogP contribution in [0.5, 0.6) is 0 Å². The summed E-state index contributed by atoms with van der Waals surface area (Å²) < 4.78 is 5.97. The van der Waals surface area contributed by atoms with Crippen LogP contribution in [0.2, 0.25) is 23.2 Å². The van der Waals surface area contributed by atoms with Gasteiger partial charge in [0.2, 0.25) is 0 Å². The van der Waals surface area contributed by atoms with Crippen LogP contribution in [0.25, 0.3) is 0 Å². The Balaban J connectivity index is 0.000000397. The van der Waals surface area contributed by atoms with Gasteiger partial charge in [-0.2, -0.15) is 0 Å². The van der Waals surface area contributed by atoms with Crippen LogP contribution in [0.3, 0.4) is 0 Å². The molecule has 1 aliphatic rings. The van der Waals surface area contributed by atoms with Gasteiger partial charge < -0.3 is 0 Å². The Hall–Kier alpha value is 0.774. The molecule has 0 aromatic carbocycles. The first-order chi connectivity index (χ1) is 8.31. The molecule has 18 heavy (non-hydrogen) atoms. The van der Waals surface area contributed by atoms with Crippen molar-refractivity contribution in [1.29, 1.82) is 0 Å². The average molecular weight is 264 g/mol. The first kappa shape index (κ1) is 18.8. The van der Waals surface area contributed by atoms with Gasteiger partial charge in [-0.1, -0.05) is 38.5 Å². The Bertz CT molecular complexity index is 184. The van der Waals surface area contributed by atoms with Gasteiger partial charge in [0.1, 0.15) is 0 Å². The summed E-state index contributed by atoms with van der Waals surface area (Å²) in [5.41, 5.74) is 0. The summed E-state index contributed by atoms with van der Waals surface area (Å²) in [4.78, 5) is 0. The summed E-state index contributed by atoms with van der Waals surface area (Å²) in [6.45, 7) is 12.4. The third-order valence-electron chi connectivity index (χ3n) is 4.27. The predicted molar refractivity (Wildman–Crippen MR) is 86.0 cm³/mol. The molecule has 0 unspecified atom stereocenters. The van der Waals surface area contributed by atoms with Crippen LogP contribution in [-0.4, -0.2) is 32.6 Å². The van der Waals surface area contributed by atoms with Crippen LogP contribution in [0.1, 0.15) is 65.7 Å². The van der Waals surface area contributed by atoms with Gasteiger partial charge in [-0.05, 0) is 0 Å². The number of rotatable bonds is 4. The second kappa shape index (κ2) is 9.64. The molecule has 1 fully saturated rings. The number of hydrogen-bond donors (Lipinski definition) is 0. The second-order valence-electron chi connectivity index (χ2n) is 7.08.